The molecule has 2 heterocycles. The smallest absolute Gasteiger partial charge is 0.377 e. The molecule has 0 unspecified atom stereocenters. The van der Waals surface area contributed by atoms with Crippen LogP contribution in [0.25, 0.3) is 22.6 Å². The molecule has 0 spiro atoms. The number of carbonyl (C=O) groups is 2. The highest BCUT2D eigenvalue weighted by atomic mass is 16.6. The summed E-state index contributed by atoms with van der Waals surface area (Å²) in [5.74, 6) is -1.38. The summed E-state index contributed by atoms with van der Waals surface area (Å²) in [5, 5.41) is 10.1. The van der Waals surface area contributed by atoms with Crippen LogP contribution >= 0.6 is 0 Å². The van der Waals surface area contributed by atoms with Crippen molar-refractivity contribution in [2.45, 2.75) is 0 Å². The number of aromatic nitrogens is 1. The molecule has 1 aliphatic heterocycles. The first-order valence-electron chi connectivity index (χ1n) is 8.37. The highest BCUT2D eigenvalue weighted by molar-refractivity contribution is 6.52. The average Bonchev–Trinajstić information content (AvgIpc) is 2.71. The van der Waals surface area contributed by atoms with Gasteiger partial charge in [-0.05, 0) is 35.9 Å². The largest absolute Gasteiger partial charge is 0.486 e. The molecule has 4 rings (SSSR count). The molecule has 1 N–H and O–H groups in total. The number of fused-ring (bicyclic) bond motifs is 2. The molecule has 2 aromatic carbocycles. The molecule has 3 aromatic rings. The summed E-state index contributed by atoms with van der Waals surface area (Å²) in [4.78, 5) is 28.1. The SMILES string of the molecule is O=C(O)C(=O)C(=Cc1ccc2c(c1)OCCO2)c1ccc2ccccc2n1. The van der Waals surface area contributed by atoms with Crippen LogP contribution in [0.3, 0.4) is 0 Å². The zero-order valence-corrected chi connectivity index (χ0v) is 14.2. The fourth-order valence-electron chi connectivity index (χ4n) is 2.90. The number of ketones is 1. The van der Waals surface area contributed by atoms with Gasteiger partial charge in [-0.25, -0.2) is 9.78 Å². The Morgan fingerprint density at radius 1 is 0.963 bits per heavy atom. The molecule has 1 aliphatic rings. The van der Waals surface area contributed by atoms with Crippen LogP contribution in [0.15, 0.2) is 54.6 Å². The Hall–Kier alpha value is -3.67. The number of benzene rings is 2. The van der Waals surface area contributed by atoms with E-state index in [9.17, 15) is 14.7 Å². The summed E-state index contributed by atoms with van der Waals surface area (Å²) in [6.45, 7) is 0.916. The number of nitrogens with zero attached hydrogens (tertiary/aromatic N) is 1. The number of carboxylic acid groups (broad SMARTS) is 1. The molecule has 6 heteroatoms. The summed E-state index contributed by atoms with van der Waals surface area (Å²) >= 11 is 0. The zero-order chi connectivity index (χ0) is 18.8. The second-order valence-electron chi connectivity index (χ2n) is 5.98. The van der Waals surface area contributed by atoms with Crippen LogP contribution in [0, 0.1) is 0 Å². The number of ether oxygens (including phenoxy) is 2. The van der Waals surface area contributed by atoms with Crippen molar-refractivity contribution >= 4 is 34.3 Å². The van der Waals surface area contributed by atoms with Gasteiger partial charge < -0.3 is 14.6 Å². The van der Waals surface area contributed by atoms with E-state index in [1.807, 2.05) is 30.3 Å². The van der Waals surface area contributed by atoms with Crippen molar-refractivity contribution in [3.05, 3.63) is 65.9 Å². The topological polar surface area (TPSA) is 85.7 Å². The summed E-state index contributed by atoms with van der Waals surface area (Å²) in [5.41, 5.74) is 1.61. The highest BCUT2D eigenvalue weighted by Gasteiger charge is 2.21. The third kappa shape index (κ3) is 3.37. The van der Waals surface area contributed by atoms with E-state index in [1.54, 1.807) is 24.3 Å². The van der Waals surface area contributed by atoms with E-state index < -0.39 is 11.8 Å². The summed E-state index contributed by atoms with van der Waals surface area (Å²) < 4.78 is 11.0. The van der Waals surface area contributed by atoms with Crippen LogP contribution in [0.2, 0.25) is 0 Å². The molecular formula is C21H15NO5. The number of aliphatic carboxylic acids is 1. The summed E-state index contributed by atoms with van der Waals surface area (Å²) in [6.07, 6.45) is 1.51. The Bertz CT molecular complexity index is 1090. The van der Waals surface area contributed by atoms with Crippen molar-refractivity contribution in [1.82, 2.24) is 4.98 Å². The van der Waals surface area contributed by atoms with Gasteiger partial charge in [0.25, 0.3) is 5.78 Å². The van der Waals surface area contributed by atoms with Gasteiger partial charge in [-0.2, -0.15) is 0 Å². The molecule has 0 saturated carbocycles. The molecule has 0 aliphatic carbocycles. The minimum atomic E-state index is -1.53. The molecule has 27 heavy (non-hydrogen) atoms. The van der Waals surface area contributed by atoms with E-state index in [1.165, 1.54) is 6.08 Å². The van der Waals surface area contributed by atoms with Crippen molar-refractivity contribution in [2.24, 2.45) is 0 Å². The minimum Gasteiger partial charge on any atom is -0.486 e. The van der Waals surface area contributed by atoms with E-state index in [-0.39, 0.29) is 5.57 Å². The second-order valence-corrected chi connectivity index (χ2v) is 5.98. The summed E-state index contributed by atoms with van der Waals surface area (Å²) in [6, 6.07) is 16.1. The first-order chi connectivity index (χ1) is 13.1. The number of hydrogen-bond acceptors (Lipinski definition) is 5. The normalized spacial score (nSPS) is 13.4. The Balaban J connectivity index is 1.82. The molecule has 0 saturated heterocycles. The lowest BCUT2D eigenvalue weighted by Gasteiger charge is -2.18. The van der Waals surface area contributed by atoms with Crippen LogP contribution in [0.1, 0.15) is 11.3 Å². The maximum absolute atomic E-state index is 12.3. The summed E-state index contributed by atoms with van der Waals surface area (Å²) in [7, 11) is 0. The lowest BCUT2D eigenvalue weighted by molar-refractivity contribution is -0.146. The van der Waals surface area contributed by atoms with Crippen LogP contribution in [-0.4, -0.2) is 35.1 Å². The minimum absolute atomic E-state index is 0.00457. The molecular weight excluding hydrogens is 346 g/mol. The molecule has 0 atom stereocenters. The molecule has 0 bridgehead atoms. The van der Waals surface area contributed by atoms with Gasteiger partial charge in [0.1, 0.15) is 13.2 Å². The zero-order valence-electron chi connectivity index (χ0n) is 14.2. The first kappa shape index (κ1) is 16.8. The second kappa shape index (κ2) is 6.92. The van der Waals surface area contributed by atoms with Crippen molar-refractivity contribution in [3.63, 3.8) is 0 Å². The molecule has 0 radical (unpaired) electrons. The van der Waals surface area contributed by atoms with Crippen LogP contribution in [0.4, 0.5) is 0 Å². The maximum Gasteiger partial charge on any atom is 0.377 e. The van der Waals surface area contributed by atoms with Crippen molar-refractivity contribution in [1.29, 1.82) is 0 Å². The van der Waals surface area contributed by atoms with E-state index >= 15 is 0 Å². The van der Waals surface area contributed by atoms with Gasteiger partial charge in [0.15, 0.2) is 11.5 Å². The molecule has 134 valence electrons. The van der Waals surface area contributed by atoms with Crippen LogP contribution in [-0.2, 0) is 9.59 Å². The fraction of sp³-hybridized carbons (Fsp3) is 0.0952. The number of Topliss-reactive ketones (excluding diaryl/α,β-unsaturated/α-hetero) is 1. The Morgan fingerprint density at radius 3 is 2.56 bits per heavy atom. The average molecular weight is 361 g/mol. The lowest BCUT2D eigenvalue weighted by Crippen LogP contribution is -2.16. The third-order valence-electron chi connectivity index (χ3n) is 4.19. The monoisotopic (exact) mass is 361 g/mol. The standard InChI is InChI=1S/C21H15NO5/c23-20(21(24)25)15(17-7-6-14-3-1-2-4-16(14)22-17)11-13-5-8-18-19(12-13)27-10-9-26-18/h1-8,11-12H,9-10H2,(H,24,25). The van der Waals surface area contributed by atoms with E-state index in [0.717, 1.165) is 5.39 Å². The van der Waals surface area contributed by atoms with Gasteiger partial charge in [-0.15, -0.1) is 0 Å². The van der Waals surface area contributed by atoms with Gasteiger partial charge in [0, 0.05) is 5.39 Å². The number of para-hydroxylation sites is 1. The number of pyridine rings is 1. The molecule has 0 fully saturated rings. The number of hydrogen-bond donors (Lipinski definition) is 1. The number of rotatable bonds is 4. The molecule has 6 nitrogen and oxygen atoms in total. The first-order valence-corrected chi connectivity index (χ1v) is 8.37. The van der Waals surface area contributed by atoms with E-state index in [4.69, 9.17) is 9.47 Å². The van der Waals surface area contributed by atoms with Gasteiger partial charge >= 0.3 is 5.97 Å². The number of carboxylic acids is 1. The Morgan fingerprint density at radius 2 is 1.74 bits per heavy atom. The predicted molar refractivity (Wildman–Crippen MR) is 99.7 cm³/mol. The van der Waals surface area contributed by atoms with Crippen molar-refractivity contribution in [3.8, 4) is 11.5 Å². The van der Waals surface area contributed by atoms with Crippen molar-refractivity contribution < 1.29 is 24.2 Å². The Kier molecular flexibility index (Phi) is 4.30. The molecule has 1 aromatic heterocycles. The fourth-order valence-corrected chi connectivity index (χ4v) is 2.90. The number of carbonyl (C=O) groups excluding carboxylic acids is 1. The predicted octanol–water partition coefficient (Wildman–Crippen LogP) is 3.20. The maximum atomic E-state index is 12.3. The van der Waals surface area contributed by atoms with Crippen LogP contribution < -0.4 is 9.47 Å². The Labute approximate surface area is 154 Å². The third-order valence-corrected chi connectivity index (χ3v) is 4.19. The van der Waals surface area contributed by atoms with Gasteiger partial charge in [0.2, 0.25) is 0 Å². The van der Waals surface area contributed by atoms with Gasteiger partial charge in [-0.3, -0.25) is 4.79 Å². The van der Waals surface area contributed by atoms with E-state index in [0.29, 0.717) is 41.5 Å². The van der Waals surface area contributed by atoms with Crippen LogP contribution in [0.5, 0.6) is 11.5 Å². The highest BCUT2D eigenvalue weighted by Crippen LogP contribution is 2.32. The van der Waals surface area contributed by atoms with Crippen molar-refractivity contribution in [2.75, 3.05) is 13.2 Å². The molecule has 0 amide bonds. The van der Waals surface area contributed by atoms with E-state index in [2.05, 4.69) is 4.98 Å². The lowest BCUT2D eigenvalue weighted by atomic mass is 10.0. The van der Waals surface area contributed by atoms with Gasteiger partial charge in [-0.1, -0.05) is 30.3 Å². The quantitative estimate of drug-likeness (QED) is 0.567. The van der Waals surface area contributed by atoms with Gasteiger partial charge in [0.05, 0.1) is 16.8 Å².